The molecule has 1 saturated carbocycles. The lowest BCUT2D eigenvalue weighted by atomic mass is 9.68. The van der Waals surface area contributed by atoms with Gasteiger partial charge in [0.15, 0.2) is 0 Å². The Labute approximate surface area is 86.9 Å². The van der Waals surface area contributed by atoms with Crippen LogP contribution in [0.25, 0.3) is 0 Å². The summed E-state index contributed by atoms with van der Waals surface area (Å²) in [6.07, 6.45) is 6.04. The number of aldehydes is 1. The average molecular weight is 192 g/mol. The molecule has 0 unspecified atom stereocenters. The van der Waals surface area contributed by atoms with Crippen LogP contribution < -0.4 is 0 Å². The van der Waals surface area contributed by atoms with Crippen molar-refractivity contribution in [3.8, 4) is 0 Å². The van der Waals surface area contributed by atoms with Gasteiger partial charge in [-0.2, -0.15) is 0 Å². The summed E-state index contributed by atoms with van der Waals surface area (Å²) >= 11 is 0. The van der Waals surface area contributed by atoms with Gasteiger partial charge in [-0.15, -0.1) is 0 Å². The molecule has 0 saturated heterocycles. The van der Waals surface area contributed by atoms with Crippen molar-refractivity contribution >= 4 is 6.29 Å². The van der Waals surface area contributed by atoms with Gasteiger partial charge in [-0.1, -0.05) is 31.6 Å². The minimum Gasteiger partial charge on any atom is -0.299 e. The van der Waals surface area contributed by atoms with E-state index in [-0.39, 0.29) is 0 Å². The van der Waals surface area contributed by atoms with Crippen LogP contribution in [0.1, 0.15) is 40.0 Å². The first-order valence-electron chi connectivity index (χ1n) is 5.26. The molecule has 1 aliphatic carbocycles. The van der Waals surface area contributed by atoms with E-state index in [4.69, 9.17) is 0 Å². The van der Waals surface area contributed by atoms with Crippen molar-refractivity contribution in [1.29, 1.82) is 0 Å². The molecule has 0 spiro atoms. The predicted octanol–water partition coefficient (Wildman–Crippen LogP) is 3.51. The van der Waals surface area contributed by atoms with Crippen LogP contribution in [0.5, 0.6) is 0 Å². The third-order valence-corrected chi connectivity index (χ3v) is 3.12. The first-order chi connectivity index (χ1) is 6.46. The molecule has 0 heterocycles. The van der Waals surface area contributed by atoms with Gasteiger partial charge < -0.3 is 0 Å². The Hall–Kier alpha value is -0.850. The van der Waals surface area contributed by atoms with Gasteiger partial charge in [0, 0.05) is 5.92 Å². The maximum absolute atomic E-state index is 10.5. The van der Waals surface area contributed by atoms with Gasteiger partial charge >= 0.3 is 0 Å². The topological polar surface area (TPSA) is 17.1 Å². The van der Waals surface area contributed by atoms with Crippen LogP contribution in [0.2, 0.25) is 0 Å². The zero-order valence-corrected chi connectivity index (χ0v) is 9.47. The van der Waals surface area contributed by atoms with E-state index < -0.39 is 0 Å². The summed E-state index contributed by atoms with van der Waals surface area (Å²) < 4.78 is 0. The number of rotatable bonds is 2. The molecule has 1 nitrogen and oxygen atoms in total. The number of hydrogen-bond donors (Lipinski definition) is 0. The third-order valence-electron chi connectivity index (χ3n) is 3.12. The Morgan fingerprint density at radius 1 is 1.57 bits per heavy atom. The molecule has 78 valence electrons. The summed E-state index contributed by atoms with van der Waals surface area (Å²) in [5, 5.41) is 0. The maximum atomic E-state index is 10.5. The molecule has 1 atom stereocenters. The van der Waals surface area contributed by atoms with Crippen LogP contribution in [-0.4, -0.2) is 6.29 Å². The average Bonchev–Trinajstić information content (AvgIpc) is 2.02. The molecule has 0 N–H and O–H groups in total. The Kier molecular flexibility index (Phi) is 3.30. The fourth-order valence-corrected chi connectivity index (χ4v) is 2.31. The molecular formula is C13H20O. The van der Waals surface area contributed by atoms with Crippen LogP contribution in [0.3, 0.4) is 0 Å². The van der Waals surface area contributed by atoms with Crippen molar-refractivity contribution < 1.29 is 4.79 Å². The molecule has 0 radical (unpaired) electrons. The van der Waals surface area contributed by atoms with Crippen molar-refractivity contribution in [2.24, 2.45) is 11.3 Å². The second-order valence-electron chi connectivity index (χ2n) is 5.16. The quantitative estimate of drug-likeness (QED) is 0.372. The van der Waals surface area contributed by atoms with Gasteiger partial charge in [0.1, 0.15) is 6.29 Å². The highest BCUT2D eigenvalue weighted by Gasteiger charge is 2.30. The van der Waals surface area contributed by atoms with Crippen LogP contribution >= 0.6 is 0 Å². The summed E-state index contributed by atoms with van der Waals surface area (Å²) in [5.41, 5.74) is 2.80. The molecule has 1 rings (SSSR count). The summed E-state index contributed by atoms with van der Waals surface area (Å²) in [6, 6.07) is 0. The normalized spacial score (nSPS) is 28.8. The predicted molar refractivity (Wildman–Crippen MR) is 60.1 cm³/mol. The molecule has 0 aliphatic heterocycles. The highest BCUT2D eigenvalue weighted by Crippen LogP contribution is 2.43. The van der Waals surface area contributed by atoms with E-state index in [1.54, 1.807) is 6.08 Å². The molecule has 0 aromatic carbocycles. The van der Waals surface area contributed by atoms with E-state index in [0.29, 0.717) is 11.3 Å². The molecule has 0 amide bonds. The monoisotopic (exact) mass is 192 g/mol. The Morgan fingerprint density at radius 3 is 2.71 bits per heavy atom. The largest absolute Gasteiger partial charge is 0.299 e. The van der Waals surface area contributed by atoms with E-state index in [1.165, 1.54) is 17.6 Å². The van der Waals surface area contributed by atoms with Crippen molar-refractivity contribution in [3.63, 3.8) is 0 Å². The van der Waals surface area contributed by atoms with Crippen molar-refractivity contribution in [1.82, 2.24) is 0 Å². The fourth-order valence-electron chi connectivity index (χ4n) is 2.31. The number of allylic oxidation sites excluding steroid dienone is 3. The number of hydrogen-bond acceptors (Lipinski definition) is 1. The zero-order chi connectivity index (χ0) is 10.8. The summed E-state index contributed by atoms with van der Waals surface area (Å²) in [4.78, 5) is 10.5. The highest BCUT2D eigenvalue weighted by atomic mass is 16.1. The standard InChI is InChI=1S/C13H20O/c1-10(2)12-5-7-13(3,4)9-11(12)6-8-14/h6,8,12H,1,5,7,9H2,2-4H3/b11-6+/t12-/m0/s1. The lowest BCUT2D eigenvalue weighted by Gasteiger charge is -2.36. The number of carbonyl (C=O) groups is 1. The molecule has 1 fully saturated rings. The van der Waals surface area contributed by atoms with Gasteiger partial charge in [0.05, 0.1) is 0 Å². The lowest BCUT2D eigenvalue weighted by molar-refractivity contribution is -0.104. The van der Waals surface area contributed by atoms with E-state index in [2.05, 4.69) is 27.4 Å². The molecular weight excluding hydrogens is 172 g/mol. The van der Waals surface area contributed by atoms with Crippen molar-refractivity contribution in [2.75, 3.05) is 0 Å². The van der Waals surface area contributed by atoms with Gasteiger partial charge in [-0.25, -0.2) is 0 Å². The van der Waals surface area contributed by atoms with Crippen LogP contribution in [0.4, 0.5) is 0 Å². The number of carbonyl (C=O) groups excluding carboxylic acids is 1. The SMILES string of the molecule is C=C(C)[C@@H]1CCC(C)(C)C/C1=C\C=O. The smallest absolute Gasteiger partial charge is 0.142 e. The molecule has 1 heteroatoms. The molecule has 1 aliphatic rings. The second kappa shape index (κ2) is 4.12. The maximum Gasteiger partial charge on any atom is 0.142 e. The van der Waals surface area contributed by atoms with E-state index in [1.807, 2.05) is 0 Å². The Morgan fingerprint density at radius 2 is 2.21 bits per heavy atom. The molecule has 0 bridgehead atoms. The van der Waals surface area contributed by atoms with Crippen molar-refractivity contribution in [3.05, 3.63) is 23.8 Å². The van der Waals surface area contributed by atoms with Crippen LogP contribution in [0.15, 0.2) is 23.8 Å². The Bertz CT molecular complexity index is 271. The van der Waals surface area contributed by atoms with E-state index in [0.717, 1.165) is 19.1 Å². The van der Waals surface area contributed by atoms with Crippen LogP contribution in [0, 0.1) is 11.3 Å². The minimum absolute atomic E-state index is 0.348. The first-order valence-corrected chi connectivity index (χ1v) is 5.26. The van der Waals surface area contributed by atoms with Gasteiger partial charge in [-0.05, 0) is 37.7 Å². The van der Waals surface area contributed by atoms with Gasteiger partial charge in [-0.3, -0.25) is 4.79 Å². The summed E-state index contributed by atoms with van der Waals surface area (Å²) in [6.45, 7) is 10.6. The summed E-state index contributed by atoms with van der Waals surface area (Å²) in [5.74, 6) is 0.438. The molecule has 0 aromatic rings. The van der Waals surface area contributed by atoms with Gasteiger partial charge in [0.2, 0.25) is 0 Å². The fraction of sp³-hybridized carbons (Fsp3) is 0.615. The first kappa shape index (κ1) is 11.2. The lowest BCUT2D eigenvalue weighted by Crippen LogP contribution is -2.24. The highest BCUT2D eigenvalue weighted by molar-refractivity contribution is 5.66. The van der Waals surface area contributed by atoms with Crippen molar-refractivity contribution in [2.45, 2.75) is 40.0 Å². The zero-order valence-electron chi connectivity index (χ0n) is 9.47. The third kappa shape index (κ3) is 2.57. The van der Waals surface area contributed by atoms with E-state index in [9.17, 15) is 4.79 Å². The van der Waals surface area contributed by atoms with Crippen LogP contribution in [-0.2, 0) is 4.79 Å². The summed E-state index contributed by atoms with van der Waals surface area (Å²) in [7, 11) is 0. The molecule has 0 aromatic heterocycles. The second-order valence-corrected chi connectivity index (χ2v) is 5.16. The van der Waals surface area contributed by atoms with E-state index >= 15 is 0 Å². The Balaban J connectivity index is 2.86. The minimum atomic E-state index is 0.348. The van der Waals surface area contributed by atoms with Gasteiger partial charge in [0.25, 0.3) is 0 Å². The molecule has 14 heavy (non-hydrogen) atoms.